The van der Waals surface area contributed by atoms with Crippen LogP contribution in [0.5, 0.6) is 0 Å². The summed E-state index contributed by atoms with van der Waals surface area (Å²) in [6.45, 7) is 2.47. The standard InChI is InChI=1S/C23H27N3O5S/c1-15-18(22(29)30-3)13-16(31-15)14-25(2)20(27)11-5-4-8-12-26-21(28)17-9-6-7-10-19(17)24-23(26)32/h6-7,9-10,13H,4-5,8,11-12,14H2,1-3H3,(H,24,32). The first-order chi connectivity index (χ1) is 15.3. The van der Waals surface area contributed by atoms with Gasteiger partial charge in [-0.25, -0.2) is 4.79 Å². The van der Waals surface area contributed by atoms with Gasteiger partial charge in [0.1, 0.15) is 17.1 Å². The van der Waals surface area contributed by atoms with E-state index in [0.29, 0.717) is 46.6 Å². The number of unbranched alkanes of at least 4 members (excludes halogenated alkanes) is 2. The topological polar surface area (TPSA) is 97.5 Å². The van der Waals surface area contributed by atoms with Crippen LogP contribution in [-0.2, 0) is 22.6 Å². The van der Waals surface area contributed by atoms with Crippen LogP contribution < -0.4 is 5.56 Å². The first-order valence-electron chi connectivity index (χ1n) is 10.4. The number of esters is 1. The molecule has 0 fully saturated rings. The minimum atomic E-state index is -0.461. The summed E-state index contributed by atoms with van der Waals surface area (Å²) in [5.41, 5.74) is 1.00. The van der Waals surface area contributed by atoms with Crippen LogP contribution >= 0.6 is 12.2 Å². The van der Waals surface area contributed by atoms with Crippen LogP contribution in [0.15, 0.2) is 39.5 Å². The molecule has 1 aromatic carbocycles. The van der Waals surface area contributed by atoms with Crippen molar-refractivity contribution in [3.63, 3.8) is 0 Å². The molecule has 0 unspecified atom stereocenters. The first kappa shape index (κ1) is 23.5. The van der Waals surface area contributed by atoms with Gasteiger partial charge in [-0.3, -0.25) is 14.2 Å². The molecule has 0 aliphatic carbocycles. The highest BCUT2D eigenvalue weighted by Crippen LogP contribution is 2.17. The highest BCUT2D eigenvalue weighted by Gasteiger charge is 2.17. The van der Waals surface area contributed by atoms with E-state index in [1.807, 2.05) is 18.2 Å². The number of carbonyl (C=O) groups excluding carboxylic acids is 2. The summed E-state index contributed by atoms with van der Waals surface area (Å²) in [7, 11) is 3.01. The van der Waals surface area contributed by atoms with Gasteiger partial charge in [-0.1, -0.05) is 18.6 Å². The second kappa shape index (κ2) is 10.4. The lowest BCUT2D eigenvalue weighted by Crippen LogP contribution is -2.25. The number of rotatable bonds is 9. The van der Waals surface area contributed by atoms with Crippen molar-refractivity contribution in [3.05, 3.63) is 62.5 Å². The van der Waals surface area contributed by atoms with E-state index < -0.39 is 5.97 Å². The van der Waals surface area contributed by atoms with Gasteiger partial charge in [-0.2, -0.15) is 0 Å². The quantitative estimate of drug-likeness (QED) is 0.297. The summed E-state index contributed by atoms with van der Waals surface area (Å²) in [5, 5.41) is 0.612. The molecule has 3 rings (SSSR count). The number of fused-ring (bicyclic) bond motifs is 1. The second-order valence-electron chi connectivity index (χ2n) is 7.67. The third-order valence-corrected chi connectivity index (χ3v) is 5.68. The molecular formula is C23H27N3O5S. The Morgan fingerprint density at radius 3 is 2.72 bits per heavy atom. The van der Waals surface area contributed by atoms with Crippen molar-refractivity contribution >= 4 is 35.0 Å². The smallest absolute Gasteiger partial charge is 0.341 e. The number of carbonyl (C=O) groups is 2. The van der Waals surface area contributed by atoms with E-state index >= 15 is 0 Å². The number of amides is 1. The van der Waals surface area contributed by atoms with E-state index in [1.165, 1.54) is 7.11 Å². The van der Waals surface area contributed by atoms with Crippen LogP contribution in [0.4, 0.5) is 0 Å². The van der Waals surface area contributed by atoms with Gasteiger partial charge < -0.3 is 19.0 Å². The van der Waals surface area contributed by atoms with Gasteiger partial charge in [0.05, 0.1) is 24.6 Å². The molecule has 0 saturated heterocycles. The molecule has 0 aliphatic rings. The molecule has 170 valence electrons. The number of hydrogen-bond donors (Lipinski definition) is 1. The Balaban J connectivity index is 1.47. The summed E-state index contributed by atoms with van der Waals surface area (Å²) < 4.78 is 12.3. The zero-order valence-electron chi connectivity index (χ0n) is 18.5. The zero-order valence-corrected chi connectivity index (χ0v) is 19.3. The number of nitrogens with zero attached hydrogens (tertiary/aromatic N) is 2. The van der Waals surface area contributed by atoms with Crippen molar-refractivity contribution in [2.45, 2.75) is 45.7 Å². The van der Waals surface area contributed by atoms with E-state index in [1.54, 1.807) is 35.6 Å². The van der Waals surface area contributed by atoms with E-state index in [-0.39, 0.29) is 18.0 Å². The minimum Gasteiger partial charge on any atom is -0.465 e. The summed E-state index contributed by atoms with van der Waals surface area (Å²) >= 11 is 5.33. The maximum Gasteiger partial charge on any atom is 0.341 e. The number of aromatic nitrogens is 2. The Bertz CT molecular complexity index is 1240. The Hall–Kier alpha value is -3.20. The maximum absolute atomic E-state index is 12.6. The normalized spacial score (nSPS) is 11.0. The van der Waals surface area contributed by atoms with Crippen molar-refractivity contribution in [1.82, 2.24) is 14.5 Å². The van der Waals surface area contributed by atoms with Crippen LogP contribution in [0.25, 0.3) is 10.9 Å². The number of para-hydroxylation sites is 1. The molecule has 2 aromatic heterocycles. The van der Waals surface area contributed by atoms with Gasteiger partial charge >= 0.3 is 5.97 Å². The molecule has 1 N–H and O–H groups in total. The van der Waals surface area contributed by atoms with E-state index in [0.717, 1.165) is 18.4 Å². The highest BCUT2D eigenvalue weighted by atomic mass is 32.1. The number of H-pyrrole nitrogens is 1. The zero-order chi connectivity index (χ0) is 23.3. The second-order valence-corrected chi connectivity index (χ2v) is 8.05. The fourth-order valence-corrected chi connectivity index (χ4v) is 3.86. The van der Waals surface area contributed by atoms with Gasteiger partial charge in [0.15, 0.2) is 4.77 Å². The number of furan rings is 1. The lowest BCUT2D eigenvalue weighted by atomic mass is 10.1. The van der Waals surface area contributed by atoms with Crippen molar-refractivity contribution in [3.8, 4) is 0 Å². The maximum atomic E-state index is 12.6. The van der Waals surface area contributed by atoms with Crippen molar-refractivity contribution in [1.29, 1.82) is 0 Å². The minimum absolute atomic E-state index is 0.0150. The predicted octanol–water partition coefficient (Wildman–Crippen LogP) is 3.97. The SMILES string of the molecule is COC(=O)c1cc(CN(C)C(=O)CCCCCn2c(=S)[nH]c3ccccc3c2=O)oc1C. The van der Waals surface area contributed by atoms with Gasteiger partial charge in [0.2, 0.25) is 5.91 Å². The first-order valence-corrected chi connectivity index (χ1v) is 10.9. The fraction of sp³-hybridized carbons (Fsp3) is 0.391. The van der Waals surface area contributed by atoms with Gasteiger partial charge in [0, 0.05) is 20.0 Å². The number of aromatic amines is 1. The number of nitrogens with one attached hydrogen (secondary N) is 1. The molecule has 0 bridgehead atoms. The number of methoxy groups -OCH3 is 1. The summed E-state index contributed by atoms with van der Waals surface area (Å²) in [4.78, 5) is 41.4. The third kappa shape index (κ3) is 5.34. The summed E-state index contributed by atoms with van der Waals surface area (Å²) in [6, 6.07) is 8.90. The average molecular weight is 458 g/mol. The molecule has 0 aliphatic heterocycles. The number of hydrogen-bond acceptors (Lipinski definition) is 6. The molecule has 0 radical (unpaired) electrons. The molecule has 2 heterocycles. The Morgan fingerprint density at radius 1 is 1.22 bits per heavy atom. The molecule has 3 aromatic rings. The average Bonchev–Trinajstić information content (AvgIpc) is 3.14. The molecule has 9 heteroatoms. The Labute approximate surface area is 190 Å². The van der Waals surface area contributed by atoms with Crippen LogP contribution in [0, 0.1) is 11.7 Å². The lowest BCUT2D eigenvalue weighted by Gasteiger charge is -2.15. The molecular weight excluding hydrogens is 430 g/mol. The summed E-state index contributed by atoms with van der Waals surface area (Å²) in [5.74, 6) is 0.523. The van der Waals surface area contributed by atoms with Crippen LogP contribution in [0.2, 0.25) is 0 Å². The predicted molar refractivity (Wildman–Crippen MR) is 123 cm³/mol. The molecule has 8 nitrogen and oxygen atoms in total. The van der Waals surface area contributed by atoms with Crippen LogP contribution in [0.1, 0.15) is 47.6 Å². The molecule has 0 atom stereocenters. The summed E-state index contributed by atoms with van der Waals surface area (Å²) in [6.07, 6.45) is 2.62. The molecule has 32 heavy (non-hydrogen) atoms. The van der Waals surface area contributed by atoms with Crippen molar-refractivity contribution < 1.29 is 18.7 Å². The fourth-order valence-electron chi connectivity index (χ4n) is 3.57. The van der Waals surface area contributed by atoms with Gasteiger partial charge in [0.25, 0.3) is 5.56 Å². The van der Waals surface area contributed by atoms with E-state index in [2.05, 4.69) is 4.98 Å². The highest BCUT2D eigenvalue weighted by molar-refractivity contribution is 7.71. The number of benzene rings is 1. The van der Waals surface area contributed by atoms with E-state index in [9.17, 15) is 14.4 Å². The lowest BCUT2D eigenvalue weighted by molar-refractivity contribution is -0.130. The molecule has 0 saturated carbocycles. The van der Waals surface area contributed by atoms with Crippen LogP contribution in [0.3, 0.4) is 0 Å². The third-order valence-electron chi connectivity index (χ3n) is 5.35. The monoisotopic (exact) mass is 457 g/mol. The largest absolute Gasteiger partial charge is 0.465 e. The van der Waals surface area contributed by atoms with Crippen molar-refractivity contribution in [2.75, 3.05) is 14.2 Å². The van der Waals surface area contributed by atoms with Crippen molar-refractivity contribution in [2.24, 2.45) is 0 Å². The van der Waals surface area contributed by atoms with Gasteiger partial charge in [-0.05, 0) is 50.2 Å². The van der Waals surface area contributed by atoms with E-state index in [4.69, 9.17) is 21.4 Å². The number of aryl methyl sites for hydroxylation is 1. The molecule has 0 spiro atoms. The Kier molecular flexibility index (Phi) is 7.63. The van der Waals surface area contributed by atoms with Gasteiger partial charge in [-0.15, -0.1) is 0 Å². The molecule has 1 amide bonds. The Morgan fingerprint density at radius 2 is 1.97 bits per heavy atom. The van der Waals surface area contributed by atoms with Crippen LogP contribution in [-0.4, -0.2) is 40.5 Å². The number of ether oxygens (including phenoxy) is 1.